The largest absolute Gasteiger partial charge is 0.486 e. The third kappa shape index (κ3) is 4.11. The topological polar surface area (TPSA) is 59.6 Å². The first-order valence-corrected chi connectivity index (χ1v) is 8.93. The third-order valence-electron chi connectivity index (χ3n) is 3.77. The molecule has 1 heterocycles. The molecule has 2 aromatic rings. The second kappa shape index (κ2) is 7.41. The van der Waals surface area contributed by atoms with Gasteiger partial charge in [-0.1, -0.05) is 15.9 Å². The minimum absolute atomic E-state index is 0.244. The van der Waals surface area contributed by atoms with Gasteiger partial charge in [-0.2, -0.15) is 0 Å². The molecular weight excluding hydrogens is 404 g/mol. The first kappa shape index (κ1) is 17.7. The second-order valence-electron chi connectivity index (χ2n) is 5.68. The average Bonchev–Trinajstić information content (AvgIpc) is 2.57. The lowest BCUT2D eigenvalue weighted by atomic mass is 10.1. The number of nitrogens with one attached hydrogen (secondary N) is 2. The molecule has 1 aliphatic rings. The molecule has 0 spiro atoms. The van der Waals surface area contributed by atoms with Crippen LogP contribution in [0.2, 0.25) is 0 Å². The molecule has 1 amide bonds. The standard InChI is InChI=1S/C18H17BrN2O3S/c1-10-7-13(19)8-11(2)16(10)20-18(25)21-17(22)12-3-4-14-15(9-12)24-6-5-23-14/h3-4,7-9H,5-6H2,1-2H3,(H2,20,21,22,25). The Kier molecular flexibility index (Phi) is 5.24. The number of carbonyl (C=O) groups excluding carboxylic acids is 1. The van der Waals surface area contributed by atoms with Crippen molar-refractivity contribution in [1.29, 1.82) is 0 Å². The number of aryl methyl sites for hydroxylation is 2. The summed E-state index contributed by atoms with van der Waals surface area (Å²) >= 11 is 8.74. The Morgan fingerprint density at radius 1 is 1.08 bits per heavy atom. The highest BCUT2D eigenvalue weighted by Crippen LogP contribution is 2.30. The average molecular weight is 421 g/mol. The second-order valence-corrected chi connectivity index (χ2v) is 7.01. The molecular formula is C18H17BrN2O3S. The lowest BCUT2D eigenvalue weighted by Gasteiger charge is -2.19. The summed E-state index contributed by atoms with van der Waals surface area (Å²) in [6.45, 7) is 4.94. The van der Waals surface area contributed by atoms with E-state index < -0.39 is 0 Å². The minimum atomic E-state index is -0.304. The van der Waals surface area contributed by atoms with Crippen molar-refractivity contribution in [3.8, 4) is 11.5 Å². The number of hydrogen-bond acceptors (Lipinski definition) is 4. The molecule has 0 unspecified atom stereocenters. The Labute approximate surface area is 159 Å². The van der Waals surface area contributed by atoms with Crippen LogP contribution in [-0.4, -0.2) is 24.2 Å². The summed E-state index contributed by atoms with van der Waals surface area (Å²) in [4.78, 5) is 12.4. The van der Waals surface area contributed by atoms with Crippen LogP contribution >= 0.6 is 28.1 Å². The number of hydrogen-bond donors (Lipinski definition) is 2. The van der Waals surface area contributed by atoms with Crippen LogP contribution in [0.5, 0.6) is 11.5 Å². The SMILES string of the molecule is Cc1cc(Br)cc(C)c1NC(=S)NC(=O)c1ccc2c(c1)OCCO2. The van der Waals surface area contributed by atoms with E-state index in [0.717, 1.165) is 21.3 Å². The lowest BCUT2D eigenvalue weighted by Crippen LogP contribution is -2.34. The van der Waals surface area contributed by atoms with Gasteiger partial charge in [-0.15, -0.1) is 0 Å². The van der Waals surface area contributed by atoms with E-state index in [1.807, 2.05) is 26.0 Å². The molecule has 0 radical (unpaired) electrons. The van der Waals surface area contributed by atoms with E-state index in [2.05, 4.69) is 26.6 Å². The van der Waals surface area contributed by atoms with Crippen molar-refractivity contribution in [2.75, 3.05) is 18.5 Å². The molecule has 0 bridgehead atoms. The van der Waals surface area contributed by atoms with Gasteiger partial charge in [0.05, 0.1) is 0 Å². The fraction of sp³-hybridized carbons (Fsp3) is 0.222. The van der Waals surface area contributed by atoms with Crippen molar-refractivity contribution in [2.24, 2.45) is 0 Å². The van der Waals surface area contributed by atoms with E-state index in [9.17, 15) is 4.79 Å². The van der Waals surface area contributed by atoms with Gasteiger partial charge in [-0.3, -0.25) is 10.1 Å². The van der Waals surface area contributed by atoms with Crippen LogP contribution in [0, 0.1) is 13.8 Å². The monoisotopic (exact) mass is 420 g/mol. The maximum atomic E-state index is 12.4. The quantitative estimate of drug-likeness (QED) is 0.719. The highest BCUT2D eigenvalue weighted by molar-refractivity contribution is 9.10. The number of rotatable bonds is 2. The van der Waals surface area contributed by atoms with E-state index in [1.54, 1.807) is 18.2 Å². The van der Waals surface area contributed by atoms with Crippen molar-refractivity contribution in [1.82, 2.24) is 5.32 Å². The highest BCUT2D eigenvalue weighted by atomic mass is 79.9. The molecule has 0 saturated heterocycles. The predicted octanol–water partition coefficient (Wildman–Crippen LogP) is 3.96. The van der Waals surface area contributed by atoms with Crippen LogP contribution in [0.25, 0.3) is 0 Å². The van der Waals surface area contributed by atoms with Crippen molar-refractivity contribution >= 4 is 44.9 Å². The summed E-state index contributed by atoms with van der Waals surface area (Å²) in [5.74, 6) is 0.906. The predicted molar refractivity (Wildman–Crippen MR) is 105 cm³/mol. The van der Waals surface area contributed by atoms with Gasteiger partial charge in [0.25, 0.3) is 5.91 Å². The molecule has 0 aliphatic carbocycles. The maximum Gasteiger partial charge on any atom is 0.257 e. The molecule has 0 atom stereocenters. The van der Waals surface area contributed by atoms with Gasteiger partial charge in [-0.25, -0.2) is 0 Å². The van der Waals surface area contributed by atoms with Crippen LogP contribution in [0.15, 0.2) is 34.8 Å². The zero-order valence-electron chi connectivity index (χ0n) is 13.8. The van der Waals surface area contributed by atoms with E-state index in [0.29, 0.717) is 30.3 Å². The normalized spacial score (nSPS) is 12.4. The first-order valence-electron chi connectivity index (χ1n) is 7.73. The Hall–Kier alpha value is -2.12. The molecule has 25 heavy (non-hydrogen) atoms. The number of amides is 1. The van der Waals surface area contributed by atoms with Crippen molar-refractivity contribution in [2.45, 2.75) is 13.8 Å². The zero-order chi connectivity index (χ0) is 18.0. The molecule has 7 heteroatoms. The van der Waals surface area contributed by atoms with Gasteiger partial charge in [0.2, 0.25) is 0 Å². The molecule has 1 aliphatic heterocycles. The number of halogens is 1. The van der Waals surface area contributed by atoms with Crippen molar-refractivity contribution in [3.05, 3.63) is 51.5 Å². The number of anilines is 1. The lowest BCUT2D eigenvalue weighted by molar-refractivity contribution is 0.0976. The van der Waals surface area contributed by atoms with E-state index in [1.165, 1.54) is 0 Å². The van der Waals surface area contributed by atoms with E-state index >= 15 is 0 Å². The number of ether oxygens (including phenoxy) is 2. The van der Waals surface area contributed by atoms with E-state index in [-0.39, 0.29) is 11.0 Å². The van der Waals surface area contributed by atoms with Gasteiger partial charge in [0.1, 0.15) is 13.2 Å². The molecule has 0 aromatic heterocycles. The third-order valence-corrected chi connectivity index (χ3v) is 4.43. The van der Waals surface area contributed by atoms with Gasteiger partial charge >= 0.3 is 0 Å². The summed E-state index contributed by atoms with van der Waals surface area (Å²) in [5, 5.41) is 6.03. The molecule has 2 aromatic carbocycles. The van der Waals surface area contributed by atoms with Crippen LogP contribution in [-0.2, 0) is 0 Å². The highest BCUT2D eigenvalue weighted by Gasteiger charge is 2.16. The molecule has 0 saturated carbocycles. The molecule has 0 fully saturated rings. The van der Waals surface area contributed by atoms with Gasteiger partial charge in [0.15, 0.2) is 16.6 Å². The van der Waals surface area contributed by atoms with Gasteiger partial charge in [0, 0.05) is 15.7 Å². The summed E-state index contributed by atoms with van der Waals surface area (Å²) in [6.07, 6.45) is 0. The van der Waals surface area contributed by atoms with E-state index in [4.69, 9.17) is 21.7 Å². The summed E-state index contributed by atoms with van der Waals surface area (Å²) in [5.41, 5.74) is 3.40. The van der Waals surface area contributed by atoms with Crippen molar-refractivity contribution in [3.63, 3.8) is 0 Å². The summed E-state index contributed by atoms with van der Waals surface area (Å²) in [7, 11) is 0. The Bertz CT molecular complexity index is 831. The molecule has 2 N–H and O–H groups in total. The fourth-order valence-electron chi connectivity index (χ4n) is 2.61. The fourth-order valence-corrected chi connectivity index (χ4v) is 3.49. The maximum absolute atomic E-state index is 12.4. The summed E-state index contributed by atoms with van der Waals surface area (Å²) in [6, 6.07) is 9.04. The first-order chi connectivity index (χ1) is 11.9. The molecule has 5 nitrogen and oxygen atoms in total. The molecule has 130 valence electrons. The Morgan fingerprint density at radius 3 is 2.40 bits per heavy atom. The Morgan fingerprint density at radius 2 is 1.72 bits per heavy atom. The van der Waals surface area contributed by atoms with Crippen LogP contribution < -0.4 is 20.1 Å². The van der Waals surface area contributed by atoms with Gasteiger partial charge < -0.3 is 14.8 Å². The number of benzene rings is 2. The van der Waals surface area contributed by atoms with Crippen LogP contribution in [0.3, 0.4) is 0 Å². The van der Waals surface area contributed by atoms with Crippen molar-refractivity contribution < 1.29 is 14.3 Å². The number of thiocarbonyl (C=S) groups is 1. The minimum Gasteiger partial charge on any atom is -0.486 e. The molecule has 3 rings (SSSR count). The number of fused-ring (bicyclic) bond motifs is 1. The summed E-state index contributed by atoms with van der Waals surface area (Å²) < 4.78 is 12.0. The van der Waals surface area contributed by atoms with Crippen LogP contribution in [0.1, 0.15) is 21.5 Å². The number of carbonyl (C=O) groups is 1. The Balaban J connectivity index is 1.70. The smallest absolute Gasteiger partial charge is 0.257 e. The van der Waals surface area contributed by atoms with Gasteiger partial charge in [-0.05, 0) is 67.5 Å². The van der Waals surface area contributed by atoms with Crippen LogP contribution in [0.4, 0.5) is 5.69 Å². The zero-order valence-corrected chi connectivity index (χ0v) is 16.2.